The lowest BCUT2D eigenvalue weighted by Crippen LogP contribution is -2.60. The first-order valence-electron chi connectivity index (χ1n) is 15.4. The highest BCUT2D eigenvalue weighted by Gasteiger charge is 2.41. The zero-order valence-electron chi connectivity index (χ0n) is 26.7. The number of carbonyl (C=O) groups is 2. The second-order valence-electron chi connectivity index (χ2n) is 14.0. The van der Waals surface area contributed by atoms with Gasteiger partial charge in [-0.3, -0.25) is 9.69 Å². The molecule has 0 spiro atoms. The Balaban J connectivity index is 1.47. The van der Waals surface area contributed by atoms with Gasteiger partial charge < -0.3 is 14.5 Å². The highest BCUT2D eigenvalue weighted by molar-refractivity contribution is 8.00. The van der Waals surface area contributed by atoms with Gasteiger partial charge in [-0.25, -0.2) is 4.79 Å². The summed E-state index contributed by atoms with van der Waals surface area (Å²) in [5.41, 5.74) is -3.08. The fraction of sp³-hybridized carbons (Fsp3) is 0.588. The van der Waals surface area contributed by atoms with Gasteiger partial charge in [0.2, 0.25) is 5.91 Å². The molecule has 10 heteroatoms. The molecule has 2 aliphatic heterocycles. The Morgan fingerprint density at radius 2 is 1.45 bits per heavy atom. The highest BCUT2D eigenvalue weighted by atomic mass is 32.2. The predicted octanol–water partition coefficient (Wildman–Crippen LogP) is 7.98. The molecule has 44 heavy (non-hydrogen) atoms. The van der Waals surface area contributed by atoms with Gasteiger partial charge in [0, 0.05) is 50.1 Å². The molecule has 2 amide bonds. The molecule has 2 fully saturated rings. The molecule has 4 rings (SSSR count). The normalized spacial score (nSPS) is 20.0. The summed E-state index contributed by atoms with van der Waals surface area (Å²) in [7, 11) is 0. The number of piperidine rings is 1. The zero-order valence-corrected chi connectivity index (χ0v) is 27.5. The maximum absolute atomic E-state index is 13.8. The third-order valence-corrected chi connectivity index (χ3v) is 9.11. The second-order valence-corrected chi connectivity index (χ2v) is 15.1. The maximum Gasteiger partial charge on any atom is 0.446 e. The van der Waals surface area contributed by atoms with Crippen molar-refractivity contribution >= 4 is 23.8 Å². The van der Waals surface area contributed by atoms with E-state index in [0.29, 0.717) is 39.1 Å². The van der Waals surface area contributed by atoms with Crippen molar-refractivity contribution in [2.75, 3.05) is 32.7 Å². The van der Waals surface area contributed by atoms with E-state index in [-0.39, 0.29) is 52.1 Å². The topological polar surface area (TPSA) is 53.1 Å². The van der Waals surface area contributed by atoms with Gasteiger partial charge in [-0.15, -0.1) is 0 Å². The van der Waals surface area contributed by atoms with Crippen LogP contribution in [-0.4, -0.2) is 76.6 Å². The van der Waals surface area contributed by atoms with Crippen LogP contribution in [0, 0.1) is 11.3 Å². The number of alkyl halides is 3. The molecule has 1 unspecified atom stereocenters. The molecule has 242 valence electrons. The van der Waals surface area contributed by atoms with Gasteiger partial charge in [0.15, 0.2) is 0 Å². The van der Waals surface area contributed by atoms with Crippen molar-refractivity contribution in [3.8, 4) is 0 Å². The lowest BCUT2D eigenvalue weighted by molar-refractivity contribution is -0.141. The van der Waals surface area contributed by atoms with E-state index in [9.17, 15) is 22.8 Å². The number of amides is 2. The van der Waals surface area contributed by atoms with E-state index in [1.54, 1.807) is 29.2 Å². The molecular weight excluding hydrogens is 587 g/mol. The largest absolute Gasteiger partial charge is 0.446 e. The van der Waals surface area contributed by atoms with Crippen LogP contribution >= 0.6 is 11.8 Å². The molecule has 2 aromatic carbocycles. The molecule has 2 aliphatic rings. The number of ether oxygens (including phenoxy) is 1. The van der Waals surface area contributed by atoms with Crippen LogP contribution in [0.5, 0.6) is 0 Å². The fourth-order valence-corrected chi connectivity index (χ4v) is 6.73. The number of likely N-dealkylation sites (tertiary alicyclic amines) is 1. The second kappa shape index (κ2) is 13.7. The third kappa shape index (κ3) is 9.39. The minimum absolute atomic E-state index is 0.0446. The van der Waals surface area contributed by atoms with E-state index in [0.717, 1.165) is 24.0 Å². The predicted molar refractivity (Wildman–Crippen MR) is 168 cm³/mol. The number of carbonyl (C=O) groups excluding carboxylic acids is 2. The average Bonchev–Trinajstić information content (AvgIpc) is 2.93. The van der Waals surface area contributed by atoms with Crippen LogP contribution in [0.1, 0.15) is 78.0 Å². The Bertz CT molecular complexity index is 1250. The first-order chi connectivity index (χ1) is 20.5. The quantitative estimate of drug-likeness (QED) is 0.302. The average molecular weight is 634 g/mol. The number of piperazine rings is 1. The smallest absolute Gasteiger partial charge is 0.444 e. The van der Waals surface area contributed by atoms with E-state index in [2.05, 4.69) is 37.8 Å². The number of rotatable bonds is 6. The summed E-state index contributed by atoms with van der Waals surface area (Å²) >= 11 is -0.106. The van der Waals surface area contributed by atoms with Crippen LogP contribution in [0.2, 0.25) is 0 Å². The molecular formula is C34H46F3N3O3S. The molecule has 2 atom stereocenters. The molecule has 2 aromatic rings. The molecule has 0 radical (unpaired) electrons. The molecule has 0 saturated carbocycles. The first-order valence-corrected chi connectivity index (χ1v) is 16.2. The number of benzene rings is 2. The fourth-order valence-electron chi connectivity index (χ4n) is 6.19. The Hall–Kier alpha value is -2.72. The van der Waals surface area contributed by atoms with Gasteiger partial charge in [-0.2, -0.15) is 13.2 Å². The number of nitrogens with zero attached hydrogens (tertiary/aromatic N) is 3. The van der Waals surface area contributed by atoms with Gasteiger partial charge in [0.25, 0.3) is 0 Å². The minimum atomic E-state index is -4.34. The maximum atomic E-state index is 13.8. The Kier molecular flexibility index (Phi) is 10.7. The summed E-state index contributed by atoms with van der Waals surface area (Å²) in [5.74, 6) is 0.357. The highest BCUT2D eigenvalue weighted by Crippen LogP contribution is 2.39. The van der Waals surface area contributed by atoms with Crippen molar-refractivity contribution in [3.05, 3.63) is 65.7 Å². The molecule has 2 saturated heterocycles. The monoisotopic (exact) mass is 633 g/mol. The Morgan fingerprint density at radius 3 is 2.00 bits per heavy atom. The van der Waals surface area contributed by atoms with Crippen molar-refractivity contribution in [3.63, 3.8) is 0 Å². The van der Waals surface area contributed by atoms with E-state index in [4.69, 9.17) is 4.74 Å². The third-order valence-electron chi connectivity index (χ3n) is 8.37. The van der Waals surface area contributed by atoms with E-state index in [1.165, 1.54) is 0 Å². The van der Waals surface area contributed by atoms with Crippen molar-refractivity contribution in [1.82, 2.24) is 14.7 Å². The van der Waals surface area contributed by atoms with Crippen LogP contribution in [0.15, 0.2) is 59.5 Å². The molecule has 0 bridgehead atoms. The van der Waals surface area contributed by atoms with Crippen molar-refractivity contribution in [2.45, 2.75) is 88.9 Å². The van der Waals surface area contributed by atoms with Crippen molar-refractivity contribution in [1.29, 1.82) is 0 Å². The molecule has 0 aromatic heterocycles. The van der Waals surface area contributed by atoms with E-state index < -0.39 is 11.1 Å². The Labute approximate surface area is 264 Å². The van der Waals surface area contributed by atoms with E-state index >= 15 is 0 Å². The number of thioether (sulfide) groups is 1. The summed E-state index contributed by atoms with van der Waals surface area (Å²) < 4.78 is 44.4. The lowest BCUT2D eigenvalue weighted by Gasteiger charge is -2.50. The van der Waals surface area contributed by atoms with Crippen LogP contribution in [0.25, 0.3) is 0 Å². The molecule has 0 N–H and O–H groups in total. The zero-order chi connectivity index (χ0) is 32.3. The van der Waals surface area contributed by atoms with Crippen molar-refractivity contribution in [2.24, 2.45) is 11.3 Å². The van der Waals surface area contributed by atoms with Crippen molar-refractivity contribution < 1.29 is 27.5 Å². The van der Waals surface area contributed by atoms with Gasteiger partial charge in [-0.05, 0) is 80.0 Å². The summed E-state index contributed by atoms with van der Waals surface area (Å²) in [5, 5.41) is 0. The summed E-state index contributed by atoms with van der Waals surface area (Å²) in [6.07, 6.45) is 1.69. The summed E-state index contributed by atoms with van der Waals surface area (Å²) in [6.45, 7) is 15.1. The number of halogens is 3. The van der Waals surface area contributed by atoms with Gasteiger partial charge in [0.05, 0.1) is 6.04 Å². The molecule has 2 heterocycles. The van der Waals surface area contributed by atoms with E-state index in [1.807, 2.05) is 43.9 Å². The summed E-state index contributed by atoms with van der Waals surface area (Å²) in [4.78, 5) is 32.6. The number of hydrogen-bond acceptors (Lipinski definition) is 5. The standard InChI is InChI=1S/C34H46F3N3O3S/c1-32(2,3)28-23-39(30(25-10-8-7-9-11-25)26-12-14-27(15-13-26)44-34(35,36)37)20-21-40(28)29(41)22-24-16-18-38(19-17-24)31(42)43-33(4,5)6/h7-15,24,28,30H,16-23H2,1-6H3/t28-,30?/m1/s1. The Morgan fingerprint density at radius 1 is 0.864 bits per heavy atom. The van der Waals surface area contributed by atoms with Crippen LogP contribution < -0.4 is 0 Å². The van der Waals surface area contributed by atoms with Crippen LogP contribution in [0.3, 0.4) is 0 Å². The van der Waals surface area contributed by atoms with Crippen LogP contribution in [-0.2, 0) is 9.53 Å². The van der Waals surface area contributed by atoms with Crippen LogP contribution in [0.4, 0.5) is 18.0 Å². The minimum Gasteiger partial charge on any atom is -0.444 e. The van der Waals surface area contributed by atoms with Gasteiger partial charge in [-0.1, -0.05) is 63.2 Å². The van der Waals surface area contributed by atoms with Gasteiger partial charge >= 0.3 is 11.6 Å². The van der Waals surface area contributed by atoms with Gasteiger partial charge in [0.1, 0.15) is 5.60 Å². The first kappa shape index (κ1) is 34.2. The summed E-state index contributed by atoms with van der Waals surface area (Å²) in [6, 6.07) is 16.5. The molecule has 0 aliphatic carbocycles. The number of hydrogen-bond donors (Lipinski definition) is 0. The lowest BCUT2D eigenvalue weighted by atomic mass is 9.82. The molecule has 6 nitrogen and oxygen atoms in total. The SMILES string of the molecule is CC(C)(C)OC(=O)N1CCC(CC(=O)N2CCN(C(c3ccccc3)c3ccc(SC(F)(F)F)cc3)C[C@@H]2C(C)(C)C)CC1.